The van der Waals surface area contributed by atoms with Crippen LogP contribution in [0, 0.1) is 0 Å². The van der Waals surface area contributed by atoms with Gasteiger partial charge < -0.3 is 30.3 Å². The van der Waals surface area contributed by atoms with Gasteiger partial charge in [0.2, 0.25) is 0 Å². The molecule has 0 aromatic heterocycles. The second-order valence-electron chi connectivity index (χ2n) is 12.0. The average molecular weight is 489 g/mol. The first kappa shape index (κ1) is 29.1. The Kier molecular flexibility index (Phi) is 10.6. The molecule has 29 heavy (non-hydrogen) atoms. The molecule has 0 amide bonds. The van der Waals surface area contributed by atoms with Crippen molar-refractivity contribution >= 4 is 34.4 Å². The Morgan fingerprint density at radius 1 is 0.759 bits per heavy atom. The summed E-state index contributed by atoms with van der Waals surface area (Å²) < 4.78 is 0. The third-order valence-corrected chi connectivity index (χ3v) is 13.4. The molecule has 0 N–H and O–H groups in total. The molecule has 0 bridgehead atoms. The van der Waals surface area contributed by atoms with E-state index in [-0.39, 0.29) is 25.0 Å². The van der Waals surface area contributed by atoms with Crippen LogP contribution in [-0.2, 0) is 23.2 Å². The van der Waals surface area contributed by atoms with Crippen LogP contribution in [0.5, 0.6) is 0 Å². The second kappa shape index (κ2) is 10.6. The van der Waals surface area contributed by atoms with Crippen LogP contribution >= 0.6 is 7.92 Å². The van der Waals surface area contributed by atoms with Gasteiger partial charge in [-0.3, -0.25) is 0 Å². The van der Waals surface area contributed by atoms with E-state index in [0.717, 1.165) is 0 Å². The van der Waals surface area contributed by atoms with E-state index in [1.807, 2.05) is 30.3 Å². The van der Waals surface area contributed by atoms with Gasteiger partial charge in [-0.25, -0.2) is 11.3 Å². The summed E-state index contributed by atoms with van der Waals surface area (Å²) in [6.45, 7) is 29.8. The van der Waals surface area contributed by atoms with Gasteiger partial charge in [-0.05, 0) is 10.3 Å². The van der Waals surface area contributed by atoms with Crippen molar-refractivity contribution < 1.29 is 17.1 Å². The molecule has 0 radical (unpaired) electrons. The summed E-state index contributed by atoms with van der Waals surface area (Å²) in [4.78, 5) is 0. The third-order valence-electron chi connectivity index (χ3n) is 5.10. The van der Waals surface area contributed by atoms with Crippen LogP contribution < -0.4 is 10.4 Å². The standard InChI is InChI=1S/C20H40PSi2.C5H5.Fe/c1-19(2,3)21(20(4,5)6)15-16-13-14-17(22(7,8)9)18(16)23(10,11)12;1-2-4-5-3-1;/h13-14H,15H2,1-12H3;1-5H;/q-1;-5;. The molecule has 0 unspecified atom stereocenters. The predicted octanol–water partition coefficient (Wildman–Crippen LogP) is 7.48. The maximum absolute atomic E-state index is 2.53. The number of rotatable bonds is 4. The van der Waals surface area contributed by atoms with Gasteiger partial charge in [-0.1, -0.05) is 87.0 Å². The van der Waals surface area contributed by atoms with Crippen LogP contribution in [0.15, 0.2) is 42.5 Å². The van der Waals surface area contributed by atoms with Crippen molar-refractivity contribution in [1.29, 1.82) is 0 Å². The maximum Gasteiger partial charge on any atom is 0.0508 e. The van der Waals surface area contributed by atoms with Gasteiger partial charge in [0.25, 0.3) is 0 Å². The molecular weight excluding hydrogens is 443 g/mol. The van der Waals surface area contributed by atoms with Gasteiger partial charge in [-0.2, -0.15) is 16.8 Å². The van der Waals surface area contributed by atoms with Gasteiger partial charge in [0.15, 0.2) is 0 Å². The molecule has 2 rings (SSSR count). The topological polar surface area (TPSA) is 0 Å². The maximum atomic E-state index is 2.53. The number of hydrogen-bond acceptors (Lipinski definition) is 0. The first-order valence-electron chi connectivity index (χ1n) is 10.7. The fourth-order valence-electron chi connectivity index (χ4n) is 4.14. The molecular formula is C25H45FePSi2-6. The Hall–Kier alpha value is 0.0832. The van der Waals surface area contributed by atoms with Gasteiger partial charge in [0, 0.05) is 25.1 Å². The zero-order chi connectivity index (χ0) is 22.0. The molecule has 0 aliphatic carbocycles. The zero-order valence-electron chi connectivity index (χ0n) is 21.0. The van der Waals surface area contributed by atoms with Crippen LogP contribution in [0.25, 0.3) is 0 Å². The summed E-state index contributed by atoms with van der Waals surface area (Å²) >= 11 is 0. The van der Waals surface area contributed by atoms with Crippen molar-refractivity contribution in [2.45, 2.75) is 97.3 Å². The average Bonchev–Trinajstić information content (AvgIpc) is 3.13. The number of hydrogen-bond donors (Lipinski definition) is 0. The van der Waals surface area contributed by atoms with Crippen LogP contribution in [-0.4, -0.2) is 26.5 Å². The van der Waals surface area contributed by atoms with Crippen molar-refractivity contribution in [2.24, 2.45) is 0 Å². The van der Waals surface area contributed by atoms with Gasteiger partial charge in [0.1, 0.15) is 0 Å². The minimum absolute atomic E-state index is 0. The fourth-order valence-corrected chi connectivity index (χ4v) is 13.6. The summed E-state index contributed by atoms with van der Waals surface area (Å²) in [5.74, 6) is 0. The van der Waals surface area contributed by atoms with Crippen molar-refractivity contribution in [2.75, 3.05) is 0 Å². The molecule has 0 atom stereocenters. The molecule has 172 valence electrons. The van der Waals surface area contributed by atoms with Crippen molar-refractivity contribution in [3.63, 3.8) is 0 Å². The van der Waals surface area contributed by atoms with E-state index in [4.69, 9.17) is 0 Å². The summed E-state index contributed by atoms with van der Waals surface area (Å²) in [5.41, 5.74) is 1.69. The van der Waals surface area contributed by atoms with Crippen molar-refractivity contribution in [3.8, 4) is 0 Å². The van der Waals surface area contributed by atoms with E-state index in [1.54, 1.807) is 15.9 Å². The van der Waals surface area contributed by atoms with Gasteiger partial charge in [-0.15, -0.1) is 7.92 Å². The first-order valence-corrected chi connectivity index (χ1v) is 19.2. The molecule has 0 fully saturated rings. The van der Waals surface area contributed by atoms with Crippen LogP contribution in [0.3, 0.4) is 0 Å². The summed E-state index contributed by atoms with van der Waals surface area (Å²) in [6, 6.07) is 15.0. The van der Waals surface area contributed by atoms with Crippen LogP contribution in [0.1, 0.15) is 47.1 Å². The minimum Gasteiger partial charge on any atom is -0.748 e. The quantitative estimate of drug-likeness (QED) is 0.238. The van der Waals surface area contributed by atoms with Crippen molar-refractivity contribution in [1.82, 2.24) is 0 Å². The molecule has 0 saturated carbocycles. The molecule has 4 heteroatoms. The smallest absolute Gasteiger partial charge is 0.0508 e. The first-order chi connectivity index (χ1) is 12.5. The van der Waals surface area contributed by atoms with E-state index < -0.39 is 16.1 Å². The van der Waals surface area contributed by atoms with E-state index in [1.165, 1.54) is 6.16 Å². The molecule has 0 saturated heterocycles. The van der Waals surface area contributed by atoms with Gasteiger partial charge >= 0.3 is 0 Å². The Labute approximate surface area is 196 Å². The second-order valence-corrected chi connectivity index (χ2v) is 25.9. The molecule has 2 aromatic rings. The molecule has 0 spiro atoms. The predicted molar refractivity (Wildman–Crippen MR) is 140 cm³/mol. The summed E-state index contributed by atoms with van der Waals surface area (Å²) in [7, 11) is -2.65. The largest absolute Gasteiger partial charge is 0.748 e. The Bertz CT molecular complexity index is 671. The molecule has 2 aromatic carbocycles. The molecule has 0 heterocycles. The Morgan fingerprint density at radius 2 is 1.14 bits per heavy atom. The normalized spacial score (nSPS) is 13.0. The third kappa shape index (κ3) is 9.00. The van der Waals surface area contributed by atoms with Gasteiger partial charge in [0.05, 0.1) is 8.07 Å². The van der Waals surface area contributed by atoms with E-state index in [0.29, 0.717) is 10.3 Å². The van der Waals surface area contributed by atoms with Crippen LogP contribution in [0.2, 0.25) is 39.3 Å². The Morgan fingerprint density at radius 3 is 1.41 bits per heavy atom. The zero-order valence-corrected chi connectivity index (χ0v) is 25.0. The molecule has 0 aliphatic rings. The minimum atomic E-state index is -1.32. The fraction of sp³-hybridized carbons (Fsp3) is 0.600. The summed E-state index contributed by atoms with van der Waals surface area (Å²) in [6.07, 6.45) is 1.30. The Balaban J connectivity index is 0.00000113. The van der Waals surface area contributed by atoms with Crippen LogP contribution in [0.4, 0.5) is 0 Å². The van der Waals surface area contributed by atoms with E-state index in [2.05, 4.69) is 93.0 Å². The van der Waals surface area contributed by atoms with Crippen molar-refractivity contribution in [3.05, 3.63) is 48.0 Å². The SMILES string of the molecule is CC(C)(C)P(C[c-]1ccc([Si](C)(C)C)c1[Si](C)(C)C)C(C)(C)C.[Fe].[cH-]1[cH-][cH-][cH-][cH-]1. The van der Waals surface area contributed by atoms with E-state index >= 15 is 0 Å². The molecule has 0 nitrogen and oxygen atoms in total. The molecule has 0 aliphatic heterocycles. The van der Waals surface area contributed by atoms with E-state index in [9.17, 15) is 0 Å². The summed E-state index contributed by atoms with van der Waals surface area (Å²) in [5, 5.41) is 4.35. The monoisotopic (exact) mass is 488 g/mol.